The van der Waals surface area contributed by atoms with Crippen LogP contribution in [0.25, 0.3) is 66.1 Å². The number of fused-ring (bicyclic) bond motifs is 8. The number of aryl methyl sites for hydroxylation is 2. The maximum atomic E-state index is 2.69. The van der Waals surface area contributed by atoms with Gasteiger partial charge in [0, 0.05) is 33.6 Å². The molecule has 2 heteroatoms. The number of nitrogens with zero attached hydrogens (tertiary/aromatic N) is 2. The standard InChI is InChI=1S/C68H64N2/c1-45-21-25-47(26-22-45)63-55-33-29-50(52-32-36-62-60(44-52)66(4)38-14-16-40-68(66,6)70(62)54-19-11-8-12-20-54)42-58(55)64(48-27-23-46(2)24-28-48)56-34-30-49(41-57(56)63)51-31-35-61-59(43-51)65(3)37-13-15-39-67(65,5)69(61)53-17-9-7-10-18-53/h7-12,17-36,41-44H,13-16,37-40H2,1-6H3. The molecule has 0 amide bonds. The molecule has 2 aliphatic heterocycles. The van der Waals surface area contributed by atoms with Gasteiger partial charge in [-0.25, -0.2) is 0 Å². The predicted octanol–water partition coefficient (Wildman–Crippen LogP) is 18.8. The van der Waals surface area contributed by atoms with Crippen molar-refractivity contribution in [3.05, 3.63) is 204 Å². The predicted molar refractivity (Wildman–Crippen MR) is 298 cm³/mol. The summed E-state index contributed by atoms with van der Waals surface area (Å²) in [7, 11) is 0. The van der Waals surface area contributed by atoms with E-state index in [2.05, 4.69) is 233 Å². The highest BCUT2D eigenvalue weighted by Gasteiger charge is 2.59. The lowest BCUT2D eigenvalue weighted by Crippen LogP contribution is -2.54. The Balaban J connectivity index is 1.02. The minimum Gasteiger partial charge on any atom is -0.334 e. The maximum Gasteiger partial charge on any atom is 0.0517 e. The largest absolute Gasteiger partial charge is 0.334 e. The molecule has 9 aromatic rings. The Morgan fingerprint density at radius 3 is 1.07 bits per heavy atom. The summed E-state index contributed by atoms with van der Waals surface area (Å²) in [5.41, 5.74) is 21.1. The van der Waals surface area contributed by atoms with Gasteiger partial charge in [0.05, 0.1) is 11.1 Å². The van der Waals surface area contributed by atoms with E-state index in [0.717, 1.165) is 0 Å². The van der Waals surface area contributed by atoms with Gasteiger partial charge in [0.15, 0.2) is 0 Å². The second kappa shape index (κ2) is 15.8. The fourth-order valence-corrected chi connectivity index (χ4v) is 14.4. The number of anilines is 4. The van der Waals surface area contributed by atoms with Crippen LogP contribution in [-0.2, 0) is 10.8 Å². The van der Waals surface area contributed by atoms with Crippen molar-refractivity contribution in [3.63, 3.8) is 0 Å². The molecule has 2 aliphatic carbocycles. The number of rotatable bonds is 6. The molecule has 70 heavy (non-hydrogen) atoms. The van der Waals surface area contributed by atoms with Gasteiger partial charge in [0.2, 0.25) is 0 Å². The number of hydrogen-bond donors (Lipinski definition) is 0. The minimum absolute atomic E-state index is 0.00693. The summed E-state index contributed by atoms with van der Waals surface area (Å²) >= 11 is 0. The summed E-state index contributed by atoms with van der Waals surface area (Å²) in [6, 6.07) is 70.3. The Kier molecular flexibility index (Phi) is 9.74. The molecule has 0 aromatic heterocycles. The van der Waals surface area contributed by atoms with Crippen molar-refractivity contribution in [3.8, 4) is 44.5 Å². The monoisotopic (exact) mass is 909 g/mol. The fraction of sp³-hybridized carbons (Fsp3) is 0.265. The Bertz CT molecular complexity index is 3280. The number of benzene rings is 9. The Labute approximate surface area is 415 Å². The van der Waals surface area contributed by atoms with Crippen molar-refractivity contribution in [1.82, 2.24) is 0 Å². The molecule has 0 spiro atoms. The third-order valence-electron chi connectivity index (χ3n) is 18.7. The molecule has 0 radical (unpaired) electrons. The molecule has 2 fully saturated rings. The highest BCUT2D eigenvalue weighted by atomic mass is 15.3. The van der Waals surface area contributed by atoms with Crippen molar-refractivity contribution in [2.45, 2.75) is 115 Å². The first kappa shape index (κ1) is 43.1. The Hall–Kier alpha value is -6.90. The second-order valence-electron chi connectivity index (χ2n) is 22.4. The van der Waals surface area contributed by atoms with Gasteiger partial charge in [-0.05, 0) is 191 Å². The molecular formula is C68H64N2. The van der Waals surface area contributed by atoms with Crippen LogP contribution in [-0.4, -0.2) is 11.1 Å². The minimum atomic E-state index is 0.00693. The molecule has 13 rings (SSSR count). The van der Waals surface area contributed by atoms with E-state index in [1.54, 1.807) is 0 Å². The maximum absolute atomic E-state index is 2.69. The third-order valence-corrected chi connectivity index (χ3v) is 18.7. The highest BCUT2D eigenvalue weighted by molar-refractivity contribution is 6.22. The summed E-state index contributed by atoms with van der Waals surface area (Å²) < 4.78 is 0. The molecule has 4 atom stereocenters. The summed E-state index contributed by atoms with van der Waals surface area (Å²) in [5.74, 6) is 0. The first-order valence-corrected chi connectivity index (χ1v) is 26.2. The van der Waals surface area contributed by atoms with Gasteiger partial charge in [-0.1, -0.05) is 172 Å². The molecule has 2 heterocycles. The van der Waals surface area contributed by atoms with E-state index in [4.69, 9.17) is 0 Å². The van der Waals surface area contributed by atoms with E-state index >= 15 is 0 Å². The summed E-state index contributed by atoms with van der Waals surface area (Å²) in [4.78, 5) is 5.37. The van der Waals surface area contributed by atoms with Crippen LogP contribution < -0.4 is 9.80 Å². The van der Waals surface area contributed by atoms with E-state index in [1.807, 2.05) is 0 Å². The normalized spacial score (nSPS) is 23.6. The lowest BCUT2D eigenvalue weighted by atomic mass is 9.61. The van der Waals surface area contributed by atoms with Crippen LogP contribution >= 0.6 is 0 Å². The van der Waals surface area contributed by atoms with Crippen LogP contribution in [0.2, 0.25) is 0 Å². The zero-order chi connectivity index (χ0) is 47.6. The van der Waals surface area contributed by atoms with Crippen LogP contribution in [0.15, 0.2) is 182 Å². The van der Waals surface area contributed by atoms with Gasteiger partial charge in [-0.2, -0.15) is 0 Å². The molecule has 9 aromatic carbocycles. The molecule has 0 N–H and O–H groups in total. The average Bonchev–Trinajstić information content (AvgIpc) is 3.73. The van der Waals surface area contributed by atoms with Crippen LogP contribution in [0, 0.1) is 13.8 Å². The van der Waals surface area contributed by atoms with Crippen molar-refractivity contribution < 1.29 is 0 Å². The Morgan fingerprint density at radius 1 is 0.329 bits per heavy atom. The first-order valence-electron chi connectivity index (χ1n) is 26.2. The van der Waals surface area contributed by atoms with E-state index in [1.165, 1.54) is 162 Å². The van der Waals surface area contributed by atoms with Crippen molar-refractivity contribution in [2.75, 3.05) is 9.80 Å². The second-order valence-corrected chi connectivity index (χ2v) is 22.4. The molecule has 0 saturated heterocycles. The van der Waals surface area contributed by atoms with Gasteiger partial charge >= 0.3 is 0 Å². The molecule has 2 nitrogen and oxygen atoms in total. The SMILES string of the molecule is Cc1ccc(-c2c3ccc(-c4ccc5c(c4)C4(C)CCCCC4(C)N5c4ccccc4)cc3c(-c3ccc(C)cc3)c3ccc(-c4ccc5c(c4)C4(C)CCCCC4(C)N5c4ccccc4)cc23)cc1. The van der Waals surface area contributed by atoms with Gasteiger partial charge in [0.25, 0.3) is 0 Å². The van der Waals surface area contributed by atoms with Crippen molar-refractivity contribution in [1.29, 1.82) is 0 Å². The zero-order valence-electron chi connectivity index (χ0n) is 41.9. The topological polar surface area (TPSA) is 6.48 Å². The van der Waals surface area contributed by atoms with Gasteiger partial charge < -0.3 is 9.80 Å². The summed E-state index contributed by atoms with van der Waals surface area (Å²) in [5, 5.41) is 5.16. The van der Waals surface area contributed by atoms with Crippen LogP contribution in [0.4, 0.5) is 22.7 Å². The van der Waals surface area contributed by atoms with Crippen LogP contribution in [0.3, 0.4) is 0 Å². The first-order chi connectivity index (χ1) is 34.0. The molecule has 0 bridgehead atoms. The van der Waals surface area contributed by atoms with E-state index < -0.39 is 0 Å². The van der Waals surface area contributed by atoms with Crippen molar-refractivity contribution in [2.24, 2.45) is 0 Å². The average molecular weight is 909 g/mol. The summed E-state index contributed by atoms with van der Waals surface area (Å²) in [6.07, 6.45) is 9.83. The molecular weight excluding hydrogens is 845 g/mol. The van der Waals surface area contributed by atoms with Crippen LogP contribution in [0.1, 0.15) is 101 Å². The number of para-hydroxylation sites is 2. The lowest BCUT2D eigenvalue weighted by Gasteiger charge is -2.50. The smallest absolute Gasteiger partial charge is 0.0517 e. The van der Waals surface area contributed by atoms with Crippen molar-refractivity contribution >= 4 is 44.3 Å². The van der Waals surface area contributed by atoms with Gasteiger partial charge in [-0.3, -0.25) is 0 Å². The zero-order valence-corrected chi connectivity index (χ0v) is 41.9. The fourth-order valence-electron chi connectivity index (χ4n) is 14.4. The van der Waals surface area contributed by atoms with E-state index in [-0.39, 0.29) is 21.9 Å². The van der Waals surface area contributed by atoms with Crippen LogP contribution in [0.5, 0.6) is 0 Å². The van der Waals surface area contributed by atoms with E-state index in [0.29, 0.717) is 0 Å². The third kappa shape index (κ3) is 6.17. The molecule has 4 aliphatic rings. The van der Waals surface area contributed by atoms with Gasteiger partial charge in [-0.15, -0.1) is 0 Å². The lowest BCUT2D eigenvalue weighted by molar-refractivity contribution is 0.195. The molecule has 346 valence electrons. The quantitative estimate of drug-likeness (QED) is 0.153. The highest BCUT2D eigenvalue weighted by Crippen LogP contribution is 2.63. The van der Waals surface area contributed by atoms with Gasteiger partial charge in [0.1, 0.15) is 0 Å². The Morgan fingerprint density at radius 2 is 0.671 bits per heavy atom. The van der Waals surface area contributed by atoms with E-state index in [9.17, 15) is 0 Å². The number of hydrogen-bond acceptors (Lipinski definition) is 2. The molecule has 2 saturated carbocycles. The summed E-state index contributed by atoms with van der Waals surface area (Å²) in [6.45, 7) is 14.6. The molecule has 4 unspecified atom stereocenters.